The molecule has 13 heavy (non-hydrogen) atoms. The summed E-state index contributed by atoms with van der Waals surface area (Å²) in [7, 11) is 1.63. The Morgan fingerprint density at radius 2 is 2.15 bits per heavy atom. The molecule has 1 aromatic heterocycles. The number of nitrogen functional groups attached to an aromatic ring is 1. The molecular weight excluding hydrogens is 166 g/mol. The fourth-order valence-electron chi connectivity index (χ4n) is 0.917. The molecule has 0 saturated heterocycles. The zero-order valence-electron chi connectivity index (χ0n) is 7.00. The van der Waals surface area contributed by atoms with Gasteiger partial charge in [-0.15, -0.1) is 0 Å². The highest BCUT2D eigenvalue weighted by atomic mass is 15.0. The second-order valence-corrected chi connectivity index (χ2v) is 2.28. The molecule has 3 N–H and O–H groups in total. The topological polar surface area (TPSA) is 98.5 Å². The minimum absolute atomic E-state index is 0.171. The summed E-state index contributed by atoms with van der Waals surface area (Å²) in [5.74, 6) is 0.388. The Kier molecular flexibility index (Phi) is 2.32. The molecule has 0 fully saturated rings. The number of aromatic nitrogens is 1. The van der Waals surface area contributed by atoms with Gasteiger partial charge in [-0.3, -0.25) is 0 Å². The number of nitrogens with one attached hydrogen (secondary N) is 1. The van der Waals surface area contributed by atoms with Crippen LogP contribution < -0.4 is 11.1 Å². The van der Waals surface area contributed by atoms with Crippen LogP contribution in [0.4, 0.5) is 11.5 Å². The first-order chi connectivity index (χ1) is 6.24. The van der Waals surface area contributed by atoms with Crippen molar-refractivity contribution in [1.82, 2.24) is 4.98 Å². The van der Waals surface area contributed by atoms with Gasteiger partial charge in [-0.2, -0.15) is 10.5 Å². The van der Waals surface area contributed by atoms with E-state index in [1.807, 2.05) is 12.1 Å². The van der Waals surface area contributed by atoms with Crippen LogP contribution >= 0.6 is 0 Å². The number of nitrogens with zero attached hydrogens (tertiary/aromatic N) is 3. The molecule has 5 heteroatoms. The summed E-state index contributed by atoms with van der Waals surface area (Å²) < 4.78 is 0. The predicted molar refractivity (Wildman–Crippen MR) is 47.6 cm³/mol. The van der Waals surface area contributed by atoms with Gasteiger partial charge in [0.1, 0.15) is 23.5 Å². The van der Waals surface area contributed by atoms with Crippen LogP contribution in [0, 0.1) is 22.7 Å². The minimum atomic E-state index is 0.171. The van der Waals surface area contributed by atoms with Crippen molar-refractivity contribution < 1.29 is 0 Å². The number of pyridine rings is 1. The summed E-state index contributed by atoms with van der Waals surface area (Å²) in [4.78, 5) is 3.86. The lowest BCUT2D eigenvalue weighted by Gasteiger charge is -2.04. The first kappa shape index (κ1) is 8.82. The molecule has 0 spiro atoms. The molecule has 5 nitrogen and oxygen atoms in total. The molecule has 0 atom stereocenters. The Morgan fingerprint density at radius 1 is 1.46 bits per heavy atom. The van der Waals surface area contributed by atoms with E-state index in [-0.39, 0.29) is 16.8 Å². The van der Waals surface area contributed by atoms with Gasteiger partial charge in [0, 0.05) is 13.2 Å². The molecule has 0 amide bonds. The molecule has 0 saturated carbocycles. The van der Waals surface area contributed by atoms with E-state index in [1.54, 1.807) is 7.05 Å². The SMILES string of the molecule is CNc1ncc(C#N)c(N)c1C#N. The van der Waals surface area contributed by atoms with Crippen LogP contribution in [0.3, 0.4) is 0 Å². The molecule has 1 aromatic rings. The number of nitriles is 2. The molecule has 0 aliphatic heterocycles. The molecule has 0 radical (unpaired) electrons. The second kappa shape index (κ2) is 3.42. The van der Waals surface area contributed by atoms with Crippen LogP contribution in [0.5, 0.6) is 0 Å². The average molecular weight is 173 g/mol. The zero-order valence-corrected chi connectivity index (χ0v) is 7.00. The monoisotopic (exact) mass is 173 g/mol. The van der Waals surface area contributed by atoms with Gasteiger partial charge in [-0.1, -0.05) is 0 Å². The van der Waals surface area contributed by atoms with Gasteiger partial charge >= 0.3 is 0 Å². The van der Waals surface area contributed by atoms with Crippen molar-refractivity contribution in [1.29, 1.82) is 10.5 Å². The maximum Gasteiger partial charge on any atom is 0.145 e. The Hall–Kier alpha value is -2.27. The average Bonchev–Trinajstić information content (AvgIpc) is 2.17. The van der Waals surface area contributed by atoms with Crippen LogP contribution in [0.15, 0.2) is 6.20 Å². The summed E-state index contributed by atoms with van der Waals surface area (Å²) in [6.07, 6.45) is 1.34. The Labute approximate surface area is 75.4 Å². The third kappa shape index (κ3) is 1.35. The van der Waals surface area contributed by atoms with E-state index in [4.69, 9.17) is 16.3 Å². The molecule has 1 rings (SSSR count). The summed E-state index contributed by atoms with van der Waals surface area (Å²) in [5.41, 5.74) is 6.15. The lowest BCUT2D eigenvalue weighted by atomic mass is 10.1. The molecule has 0 unspecified atom stereocenters. The second-order valence-electron chi connectivity index (χ2n) is 2.28. The quantitative estimate of drug-likeness (QED) is 0.642. The van der Waals surface area contributed by atoms with Gasteiger partial charge in [0.25, 0.3) is 0 Å². The summed E-state index contributed by atoms with van der Waals surface area (Å²) in [6.45, 7) is 0. The van der Waals surface area contributed by atoms with Crippen molar-refractivity contribution >= 4 is 11.5 Å². The van der Waals surface area contributed by atoms with Crippen molar-refractivity contribution in [3.8, 4) is 12.1 Å². The van der Waals surface area contributed by atoms with Gasteiger partial charge in [-0.05, 0) is 0 Å². The van der Waals surface area contributed by atoms with Crippen LogP contribution in [0.1, 0.15) is 11.1 Å². The van der Waals surface area contributed by atoms with Crippen molar-refractivity contribution in [3.63, 3.8) is 0 Å². The van der Waals surface area contributed by atoms with E-state index in [0.717, 1.165) is 0 Å². The summed E-state index contributed by atoms with van der Waals surface area (Å²) in [5, 5.41) is 20.0. The highest BCUT2D eigenvalue weighted by Gasteiger charge is 2.10. The first-order valence-electron chi connectivity index (χ1n) is 3.51. The van der Waals surface area contributed by atoms with Crippen LogP contribution in [-0.2, 0) is 0 Å². The highest BCUT2D eigenvalue weighted by Crippen LogP contribution is 2.21. The number of anilines is 2. The molecule has 0 aliphatic carbocycles. The van der Waals surface area contributed by atoms with Gasteiger partial charge in [0.05, 0.1) is 11.3 Å². The third-order valence-electron chi connectivity index (χ3n) is 1.59. The molecule has 0 aliphatic rings. The Bertz CT molecular complexity index is 410. The lowest BCUT2D eigenvalue weighted by molar-refractivity contribution is 1.25. The fraction of sp³-hybridized carbons (Fsp3) is 0.125. The van der Waals surface area contributed by atoms with E-state index in [9.17, 15) is 0 Å². The highest BCUT2D eigenvalue weighted by molar-refractivity contribution is 5.71. The number of hydrogen-bond donors (Lipinski definition) is 2. The van der Waals surface area contributed by atoms with Gasteiger partial charge in [0.15, 0.2) is 0 Å². The summed E-state index contributed by atoms with van der Waals surface area (Å²) in [6, 6.07) is 3.74. The number of rotatable bonds is 1. The number of hydrogen-bond acceptors (Lipinski definition) is 5. The lowest BCUT2D eigenvalue weighted by Crippen LogP contribution is -2.02. The molecular formula is C8H7N5. The molecule has 0 aromatic carbocycles. The van der Waals surface area contributed by atoms with Crippen molar-refractivity contribution in [2.24, 2.45) is 0 Å². The largest absolute Gasteiger partial charge is 0.396 e. The maximum absolute atomic E-state index is 8.73. The molecule has 64 valence electrons. The van der Waals surface area contributed by atoms with Crippen molar-refractivity contribution in [2.45, 2.75) is 0 Å². The smallest absolute Gasteiger partial charge is 0.145 e. The molecule has 0 bridgehead atoms. The van der Waals surface area contributed by atoms with E-state index >= 15 is 0 Å². The fourth-order valence-corrected chi connectivity index (χ4v) is 0.917. The minimum Gasteiger partial charge on any atom is -0.396 e. The van der Waals surface area contributed by atoms with E-state index in [0.29, 0.717) is 5.82 Å². The van der Waals surface area contributed by atoms with E-state index < -0.39 is 0 Å². The van der Waals surface area contributed by atoms with Gasteiger partial charge in [0.2, 0.25) is 0 Å². The van der Waals surface area contributed by atoms with Crippen LogP contribution in [-0.4, -0.2) is 12.0 Å². The standard InChI is InChI=1S/C8H7N5/c1-12-8-6(3-10)7(11)5(2-9)4-13-8/h4H,1H3,(H3,11,12,13). The third-order valence-corrected chi connectivity index (χ3v) is 1.59. The van der Waals surface area contributed by atoms with E-state index in [1.165, 1.54) is 6.20 Å². The van der Waals surface area contributed by atoms with Crippen LogP contribution in [0.25, 0.3) is 0 Å². The first-order valence-corrected chi connectivity index (χ1v) is 3.51. The van der Waals surface area contributed by atoms with Crippen molar-refractivity contribution in [2.75, 3.05) is 18.1 Å². The zero-order chi connectivity index (χ0) is 9.84. The van der Waals surface area contributed by atoms with Crippen LogP contribution in [0.2, 0.25) is 0 Å². The number of nitrogens with two attached hydrogens (primary N) is 1. The molecule has 1 heterocycles. The van der Waals surface area contributed by atoms with E-state index in [2.05, 4.69) is 10.3 Å². The Balaban J connectivity index is 3.45. The maximum atomic E-state index is 8.73. The summed E-state index contributed by atoms with van der Waals surface area (Å²) >= 11 is 0. The normalized spacial score (nSPS) is 8.54. The van der Waals surface area contributed by atoms with Gasteiger partial charge in [-0.25, -0.2) is 4.98 Å². The van der Waals surface area contributed by atoms with Crippen molar-refractivity contribution in [3.05, 3.63) is 17.3 Å². The Morgan fingerprint density at radius 3 is 2.62 bits per heavy atom. The van der Waals surface area contributed by atoms with Gasteiger partial charge < -0.3 is 11.1 Å². The predicted octanol–water partition coefficient (Wildman–Crippen LogP) is 0.449.